The van der Waals surface area contributed by atoms with Gasteiger partial charge in [0.15, 0.2) is 0 Å². The standard InChI is InChI=1S/C5H8O2S/c1-5-3-2-4-8(5,6)7/h2-3H,4H2,1H3,(H,6,7). The molecule has 46 valence electrons. The van der Waals surface area contributed by atoms with E-state index in [1.165, 1.54) is 0 Å². The summed E-state index contributed by atoms with van der Waals surface area (Å²) in [5, 5.41) is 0. The molecule has 2 nitrogen and oxygen atoms in total. The summed E-state index contributed by atoms with van der Waals surface area (Å²) in [5.74, 6) is 0.304. The van der Waals surface area contributed by atoms with Crippen molar-refractivity contribution in [2.24, 2.45) is 0 Å². The summed E-state index contributed by atoms with van der Waals surface area (Å²) in [6.07, 6.45) is 3.42. The van der Waals surface area contributed by atoms with Crippen molar-refractivity contribution in [3.63, 3.8) is 0 Å². The van der Waals surface area contributed by atoms with E-state index in [0.717, 1.165) is 0 Å². The van der Waals surface area contributed by atoms with Crippen LogP contribution in [-0.2, 0) is 9.80 Å². The maximum atomic E-state index is 10.8. The lowest BCUT2D eigenvalue weighted by Crippen LogP contribution is -2.05. The Labute approximate surface area is 49.1 Å². The molecule has 3 heteroatoms. The van der Waals surface area contributed by atoms with Gasteiger partial charge in [-0.25, -0.2) is 4.21 Å². The fourth-order valence-corrected chi connectivity index (χ4v) is 1.51. The molecule has 1 atom stereocenters. The van der Waals surface area contributed by atoms with Gasteiger partial charge in [-0.05, 0) is 6.92 Å². The van der Waals surface area contributed by atoms with Gasteiger partial charge >= 0.3 is 0 Å². The maximum absolute atomic E-state index is 10.8. The van der Waals surface area contributed by atoms with Gasteiger partial charge in [0.25, 0.3) is 0 Å². The monoisotopic (exact) mass is 132 g/mol. The van der Waals surface area contributed by atoms with Crippen LogP contribution < -0.4 is 0 Å². The van der Waals surface area contributed by atoms with Crippen molar-refractivity contribution in [1.82, 2.24) is 0 Å². The van der Waals surface area contributed by atoms with E-state index in [0.29, 0.717) is 10.6 Å². The van der Waals surface area contributed by atoms with Crippen molar-refractivity contribution < 1.29 is 8.76 Å². The molecule has 1 heterocycles. The number of hydrogen-bond donors (Lipinski definition) is 1. The van der Waals surface area contributed by atoms with Crippen LogP contribution in [0.5, 0.6) is 0 Å². The Morgan fingerprint density at radius 1 is 1.88 bits per heavy atom. The van der Waals surface area contributed by atoms with Gasteiger partial charge in [0.05, 0.1) is 15.6 Å². The van der Waals surface area contributed by atoms with Crippen molar-refractivity contribution in [2.45, 2.75) is 6.92 Å². The van der Waals surface area contributed by atoms with Crippen LogP contribution in [0.3, 0.4) is 0 Å². The van der Waals surface area contributed by atoms with Crippen LogP contribution in [0.25, 0.3) is 0 Å². The Morgan fingerprint density at radius 2 is 2.50 bits per heavy atom. The molecule has 0 spiro atoms. The zero-order valence-electron chi connectivity index (χ0n) is 4.63. The second-order valence-corrected chi connectivity index (χ2v) is 4.08. The molecular weight excluding hydrogens is 124 g/mol. The van der Waals surface area contributed by atoms with Crippen LogP contribution in [0.1, 0.15) is 6.92 Å². The molecule has 1 aliphatic heterocycles. The van der Waals surface area contributed by atoms with E-state index < -0.39 is 9.80 Å². The lowest BCUT2D eigenvalue weighted by molar-refractivity contribution is 0.563. The first-order valence-electron chi connectivity index (χ1n) is 2.37. The average molecular weight is 132 g/mol. The maximum Gasteiger partial charge on any atom is 0.0879 e. The van der Waals surface area contributed by atoms with Crippen molar-refractivity contribution in [3.8, 4) is 0 Å². The Hall–Kier alpha value is -0.280. The summed E-state index contributed by atoms with van der Waals surface area (Å²) < 4.78 is 19.7. The third kappa shape index (κ3) is 0.788. The first kappa shape index (κ1) is 5.85. The van der Waals surface area contributed by atoms with Gasteiger partial charge in [0.1, 0.15) is 0 Å². The second-order valence-electron chi connectivity index (χ2n) is 1.82. The molecule has 1 N–H and O–H groups in total. The predicted octanol–water partition coefficient (Wildman–Crippen LogP) is 0.506. The Morgan fingerprint density at radius 3 is 2.62 bits per heavy atom. The van der Waals surface area contributed by atoms with E-state index in [4.69, 9.17) is 4.55 Å². The van der Waals surface area contributed by atoms with E-state index in [1.807, 2.05) is 0 Å². The third-order valence-corrected chi connectivity index (χ3v) is 2.96. The van der Waals surface area contributed by atoms with Crippen molar-refractivity contribution in [3.05, 3.63) is 12.2 Å². The molecule has 0 saturated carbocycles. The summed E-state index contributed by atoms with van der Waals surface area (Å²) in [6.45, 7) is 1.67. The Bertz CT molecular complexity index is 231. The van der Waals surface area contributed by atoms with Crippen LogP contribution in [-0.4, -0.2) is 19.4 Å². The molecule has 0 aliphatic carbocycles. The molecule has 0 aromatic heterocycles. The summed E-state index contributed by atoms with van der Waals surface area (Å²) in [5.41, 5.74) is 0. The van der Waals surface area contributed by atoms with E-state index in [2.05, 4.69) is 0 Å². The highest BCUT2D eigenvalue weighted by molar-refractivity contribution is 7.98. The molecule has 1 unspecified atom stereocenters. The van der Waals surface area contributed by atoms with Crippen LogP contribution in [0.15, 0.2) is 12.2 Å². The molecule has 0 aromatic carbocycles. The van der Waals surface area contributed by atoms with Crippen molar-refractivity contribution >= 4 is 14.7 Å². The molecular formula is C5H8O2S. The van der Waals surface area contributed by atoms with E-state index >= 15 is 0 Å². The van der Waals surface area contributed by atoms with Gasteiger partial charge < -0.3 is 4.55 Å². The van der Waals surface area contributed by atoms with Gasteiger partial charge in [-0.2, -0.15) is 0 Å². The van der Waals surface area contributed by atoms with Crippen LogP contribution in [0.4, 0.5) is 0 Å². The third-order valence-electron chi connectivity index (χ3n) is 1.18. The van der Waals surface area contributed by atoms with E-state index in [-0.39, 0.29) is 0 Å². The summed E-state index contributed by atoms with van der Waals surface area (Å²) in [6, 6.07) is 0. The molecule has 1 rings (SSSR count). The summed E-state index contributed by atoms with van der Waals surface area (Å²) in [7, 11) is -2.57. The average Bonchev–Trinajstić information content (AvgIpc) is 1.86. The SMILES string of the molecule is CC1=S(=O)(O)CC=C1. The predicted molar refractivity (Wildman–Crippen MR) is 35.5 cm³/mol. The fourth-order valence-electron chi connectivity index (χ4n) is 0.582. The minimum absolute atomic E-state index is 0.304. The van der Waals surface area contributed by atoms with Gasteiger partial charge in [0, 0.05) is 4.86 Å². The first-order chi connectivity index (χ1) is 3.63. The number of hydrogen-bond acceptors (Lipinski definition) is 1. The van der Waals surface area contributed by atoms with Gasteiger partial charge in [-0.15, -0.1) is 0 Å². The van der Waals surface area contributed by atoms with E-state index in [1.54, 1.807) is 19.1 Å². The molecule has 0 aromatic rings. The van der Waals surface area contributed by atoms with Gasteiger partial charge in [0.2, 0.25) is 0 Å². The zero-order valence-corrected chi connectivity index (χ0v) is 5.44. The fraction of sp³-hybridized carbons (Fsp3) is 0.400. The normalized spacial score (nSPS) is 36.5. The van der Waals surface area contributed by atoms with Gasteiger partial charge in [-0.3, -0.25) is 0 Å². The van der Waals surface area contributed by atoms with Crippen LogP contribution in [0, 0.1) is 0 Å². The largest absolute Gasteiger partial charge is 0.313 e. The van der Waals surface area contributed by atoms with Crippen molar-refractivity contribution in [2.75, 3.05) is 5.75 Å². The second kappa shape index (κ2) is 1.60. The molecule has 0 radical (unpaired) electrons. The minimum atomic E-state index is -2.57. The lowest BCUT2D eigenvalue weighted by atomic mass is 10.4. The number of rotatable bonds is 0. The molecule has 8 heavy (non-hydrogen) atoms. The Balaban J connectivity index is 3.20. The minimum Gasteiger partial charge on any atom is -0.313 e. The van der Waals surface area contributed by atoms with E-state index in [9.17, 15) is 4.21 Å². The molecule has 0 saturated heterocycles. The first-order valence-corrected chi connectivity index (χ1v) is 4.06. The summed E-state index contributed by atoms with van der Waals surface area (Å²) in [4.78, 5) is 0.595. The van der Waals surface area contributed by atoms with Crippen LogP contribution in [0.2, 0.25) is 0 Å². The molecule has 0 amide bonds. The molecule has 0 fully saturated rings. The smallest absolute Gasteiger partial charge is 0.0879 e. The van der Waals surface area contributed by atoms with Gasteiger partial charge in [-0.1, -0.05) is 12.2 Å². The highest BCUT2D eigenvalue weighted by Crippen LogP contribution is 2.00. The highest BCUT2D eigenvalue weighted by Gasteiger charge is 2.07. The summed E-state index contributed by atoms with van der Waals surface area (Å²) >= 11 is 0. The molecule has 1 aliphatic rings. The molecule has 0 bridgehead atoms. The van der Waals surface area contributed by atoms with Crippen LogP contribution >= 0.6 is 0 Å². The highest BCUT2D eigenvalue weighted by atomic mass is 32.2. The lowest BCUT2D eigenvalue weighted by Gasteiger charge is -1.93. The quantitative estimate of drug-likeness (QED) is 0.487. The Kier molecular flexibility index (Phi) is 1.17. The zero-order chi connectivity index (χ0) is 6.20. The topological polar surface area (TPSA) is 37.3 Å². The number of allylic oxidation sites excluding steroid dienone is 1. The van der Waals surface area contributed by atoms with Crippen molar-refractivity contribution in [1.29, 1.82) is 0 Å².